The molecule has 42 heavy (non-hydrogen) atoms. The van der Waals surface area contributed by atoms with Gasteiger partial charge >= 0.3 is 13.1 Å². The maximum absolute atomic E-state index is 14.0. The molecule has 0 aliphatic rings. The van der Waals surface area contributed by atoms with Gasteiger partial charge < -0.3 is 25.8 Å². The Bertz CT molecular complexity index is 935. The molecule has 8 nitrogen and oxygen atoms in total. The Morgan fingerprint density at radius 1 is 0.738 bits per heavy atom. The number of aliphatic carboxylic acids is 1. The van der Waals surface area contributed by atoms with Crippen LogP contribution in [0.15, 0.2) is 12.1 Å². The molecule has 0 bridgehead atoms. The van der Waals surface area contributed by atoms with Gasteiger partial charge in [-0.2, -0.15) is 0 Å². The summed E-state index contributed by atoms with van der Waals surface area (Å²) in [5, 5.41) is 32.7. The molecule has 0 radical (unpaired) electrons. The molecule has 1 aromatic carbocycles. The number of unbranched alkanes of at least 4 members (excludes halogenated alkanes) is 14. The van der Waals surface area contributed by atoms with Crippen molar-refractivity contribution >= 4 is 30.2 Å². The van der Waals surface area contributed by atoms with Crippen LogP contribution in [0.1, 0.15) is 132 Å². The number of carbonyl (C=O) groups is 3. The van der Waals surface area contributed by atoms with E-state index < -0.39 is 42.0 Å². The second kappa shape index (κ2) is 23.1. The van der Waals surface area contributed by atoms with Crippen molar-refractivity contribution in [1.29, 1.82) is 0 Å². The van der Waals surface area contributed by atoms with Crippen molar-refractivity contribution in [3.05, 3.63) is 29.3 Å². The van der Waals surface area contributed by atoms with Crippen molar-refractivity contribution in [3.8, 4) is 0 Å². The molecule has 0 saturated heterocycles. The molecule has 0 aliphatic heterocycles. The van der Waals surface area contributed by atoms with Crippen LogP contribution in [0.3, 0.4) is 0 Å². The smallest absolute Gasteiger partial charge is 0.480 e. The molecular formula is C31H51BF2N2O6. The first kappa shape index (κ1) is 37.7. The molecule has 0 fully saturated rings. The summed E-state index contributed by atoms with van der Waals surface area (Å²) >= 11 is 0. The first-order chi connectivity index (χ1) is 20.2. The van der Waals surface area contributed by atoms with Crippen LogP contribution in [0.25, 0.3) is 0 Å². The summed E-state index contributed by atoms with van der Waals surface area (Å²) in [5.41, 5.74) is -0.926. The number of benzene rings is 1. The maximum atomic E-state index is 14.0. The lowest BCUT2D eigenvalue weighted by atomic mass is 9.79. The number of carboxylic acids is 1. The van der Waals surface area contributed by atoms with Gasteiger partial charge in [-0.15, -0.1) is 0 Å². The minimum atomic E-state index is -2.12. The highest BCUT2D eigenvalue weighted by molar-refractivity contribution is 6.58. The number of halogens is 2. The number of nitrogens with one attached hydrogen (secondary N) is 2. The molecule has 1 amide bonds. The van der Waals surface area contributed by atoms with Crippen molar-refractivity contribution in [1.82, 2.24) is 10.6 Å². The van der Waals surface area contributed by atoms with Gasteiger partial charge in [0, 0.05) is 24.8 Å². The zero-order valence-electron chi connectivity index (χ0n) is 25.3. The van der Waals surface area contributed by atoms with Gasteiger partial charge in [-0.3, -0.25) is 14.4 Å². The molecule has 238 valence electrons. The molecule has 1 rings (SSSR count). The van der Waals surface area contributed by atoms with Crippen molar-refractivity contribution in [3.63, 3.8) is 0 Å². The molecule has 11 heteroatoms. The molecule has 0 spiro atoms. The van der Waals surface area contributed by atoms with E-state index in [9.17, 15) is 23.2 Å². The Kier molecular flexibility index (Phi) is 20.7. The monoisotopic (exact) mass is 596 g/mol. The fourth-order valence-corrected chi connectivity index (χ4v) is 4.99. The van der Waals surface area contributed by atoms with E-state index >= 15 is 0 Å². The standard InChI is InChI=1S/C31H51BF2N2O6/c1-35-26(31(39)40)18-16-17-23-36-28(38)20-15-13-11-9-7-5-3-2-4-6-8-10-12-14-19-27(37)24-21-22-25(32(41)42)30(34)29(24)33/h21-22,26,35,41-42H,2-20,23H2,1H3,(H,36,38)(H,39,40)/t26-/m0/s1. The Morgan fingerprint density at radius 2 is 1.24 bits per heavy atom. The zero-order valence-corrected chi connectivity index (χ0v) is 25.3. The van der Waals surface area contributed by atoms with Crippen LogP contribution in [0.2, 0.25) is 0 Å². The molecule has 1 atom stereocenters. The van der Waals surface area contributed by atoms with Crippen LogP contribution in [0.4, 0.5) is 8.78 Å². The first-order valence-electron chi connectivity index (χ1n) is 15.7. The van der Waals surface area contributed by atoms with E-state index in [0.29, 0.717) is 25.8 Å². The summed E-state index contributed by atoms with van der Waals surface area (Å²) < 4.78 is 27.9. The Balaban J connectivity index is 1.89. The molecule has 0 heterocycles. The number of amides is 1. The van der Waals surface area contributed by atoms with E-state index in [1.54, 1.807) is 7.05 Å². The van der Waals surface area contributed by atoms with E-state index in [1.165, 1.54) is 38.5 Å². The van der Waals surface area contributed by atoms with Crippen molar-refractivity contribution in [2.45, 2.75) is 128 Å². The minimum Gasteiger partial charge on any atom is -0.480 e. The lowest BCUT2D eigenvalue weighted by Gasteiger charge is -2.10. The van der Waals surface area contributed by atoms with E-state index in [2.05, 4.69) is 10.6 Å². The van der Waals surface area contributed by atoms with E-state index in [4.69, 9.17) is 15.2 Å². The van der Waals surface area contributed by atoms with Gasteiger partial charge in [0.05, 0.1) is 5.56 Å². The summed E-state index contributed by atoms with van der Waals surface area (Å²) in [6.45, 7) is 0.595. The van der Waals surface area contributed by atoms with Gasteiger partial charge in [-0.25, -0.2) is 8.78 Å². The van der Waals surface area contributed by atoms with Crippen LogP contribution in [-0.4, -0.2) is 59.6 Å². The molecule has 0 saturated carbocycles. The molecule has 1 aromatic rings. The van der Waals surface area contributed by atoms with Gasteiger partial charge in [0.25, 0.3) is 0 Å². The van der Waals surface area contributed by atoms with Gasteiger partial charge in [0.1, 0.15) is 6.04 Å². The van der Waals surface area contributed by atoms with Crippen molar-refractivity contribution in [2.75, 3.05) is 13.6 Å². The number of Topliss-reactive ketones (excluding diaryl/α,β-unsaturated/α-hetero) is 1. The maximum Gasteiger partial charge on any atom is 0.491 e. The van der Waals surface area contributed by atoms with Crippen LogP contribution >= 0.6 is 0 Å². The zero-order chi connectivity index (χ0) is 31.2. The Hall–Kier alpha value is -2.37. The van der Waals surface area contributed by atoms with E-state index in [0.717, 1.165) is 69.9 Å². The number of carbonyl (C=O) groups excluding carboxylic acids is 2. The summed E-state index contributed by atoms with van der Waals surface area (Å²) in [6.07, 6.45) is 17.9. The third-order valence-corrected chi connectivity index (χ3v) is 7.64. The van der Waals surface area contributed by atoms with Crippen molar-refractivity contribution < 1.29 is 38.3 Å². The van der Waals surface area contributed by atoms with Gasteiger partial charge in [0.15, 0.2) is 17.4 Å². The number of likely N-dealkylation sites (N-methyl/N-ethyl adjacent to an activating group) is 1. The number of hydrogen-bond donors (Lipinski definition) is 5. The molecular weight excluding hydrogens is 545 g/mol. The predicted molar refractivity (Wildman–Crippen MR) is 162 cm³/mol. The molecule has 0 aromatic heterocycles. The number of carboxylic acid groups (broad SMARTS) is 1. The number of hydrogen-bond acceptors (Lipinski definition) is 6. The number of ketones is 1. The van der Waals surface area contributed by atoms with Gasteiger partial charge in [-0.1, -0.05) is 83.1 Å². The van der Waals surface area contributed by atoms with E-state index in [1.807, 2.05) is 0 Å². The summed E-state index contributed by atoms with van der Waals surface area (Å²) in [4.78, 5) is 35.0. The fraction of sp³-hybridized carbons (Fsp3) is 0.710. The molecule has 5 N–H and O–H groups in total. The lowest BCUT2D eigenvalue weighted by Crippen LogP contribution is -2.34. The summed E-state index contributed by atoms with van der Waals surface area (Å²) in [6, 6.07) is 1.61. The largest absolute Gasteiger partial charge is 0.491 e. The second-order valence-corrected chi connectivity index (χ2v) is 11.1. The summed E-state index contributed by atoms with van der Waals surface area (Å²) in [5.74, 6) is -3.96. The molecule has 0 unspecified atom stereocenters. The summed E-state index contributed by atoms with van der Waals surface area (Å²) in [7, 11) is -0.484. The van der Waals surface area contributed by atoms with Crippen molar-refractivity contribution in [2.24, 2.45) is 0 Å². The van der Waals surface area contributed by atoms with Crippen LogP contribution in [0, 0.1) is 11.6 Å². The fourth-order valence-electron chi connectivity index (χ4n) is 4.99. The highest BCUT2D eigenvalue weighted by atomic mass is 19.2. The third-order valence-electron chi connectivity index (χ3n) is 7.64. The number of rotatable bonds is 26. The van der Waals surface area contributed by atoms with Gasteiger partial charge in [0.2, 0.25) is 5.91 Å². The highest BCUT2D eigenvalue weighted by Crippen LogP contribution is 2.17. The van der Waals surface area contributed by atoms with Crippen LogP contribution < -0.4 is 16.1 Å². The normalized spacial score (nSPS) is 11.8. The quantitative estimate of drug-likeness (QED) is 0.0575. The second-order valence-electron chi connectivity index (χ2n) is 11.1. The SMILES string of the molecule is CN[C@@H](CCCCNC(=O)CCCCCCCCCCCCCCCCC(=O)c1ccc(B(O)O)c(F)c1F)C(=O)O. The first-order valence-corrected chi connectivity index (χ1v) is 15.7. The predicted octanol–water partition coefficient (Wildman–Crippen LogP) is 5.03. The van der Waals surface area contributed by atoms with Crippen LogP contribution in [0.5, 0.6) is 0 Å². The van der Waals surface area contributed by atoms with Gasteiger partial charge in [-0.05, 0) is 45.2 Å². The topological polar surface area (TPSA) is 136 Å². The molecule has 0 aliphatic carbocycles. The Morgan fingerprint density at radius 3 is 1.71 bits per heavy atom. The average molecular weight is 597 g/mol. The Labute approximate surface area is 250 Å². The lowest BCUT2D eigenvalue weighted by molar-refractivity contribution is -0.139. The highest BCUT2D eigenvalue weighted by Gasteiger charge is 2.24. The van der Waals surface area contributed by atoms with Crippen LogP contribution in [-0.2, 0) is 9.59 Å². The minimum absolute atomic E-state index is 0.0753. The third kappa shape index (κ3) is 16.3. The van der Waals surface area contributed by atoms with E-state index in [-0.39, 0.29) is 17.9 Å². The average Bonchev–Trinajstić information content (AvgIpc) is 2.95.